The van der Waals surface area contributed by atoms with E-state index in [9.17, 15) is 9.59 Å². The summed E-state index contributed by atoms with van der Waals surface area (Å²) in [6.07, 6.45) is 2.14. The molecular formula is C23H23Cl2N3O4. The minimum absolute atomic E-state index is 0.104. The number of amides is 1. The van der Waals surface area contributed by atoms with Gasteiger partial charge < -0.3 is 14.8 Å². The van der Waals surface area contributed by atoms with Gasteiger partial charge in [0, 0.05) is 11.4 Å². The van der Waals surface area contributed by atoms with E-state index in [1.165, 1.54) is 23.0 Å². The van der Waals surface area contributed by atoms with Gasteiger partial charge in [-0.25, -0.2) is 4.98 Å². The molecule has 0 fully saturated rings. The van der Waals surface area contributed by atoms with Gasteiger partial charge in [0.25, 0.3) is 5.56 Å². The van der Waals surface area contributed by atoms with Crippen molar-refractivity contribution >= 4 is 40.0 Å². The summed E-state index contributed by atoms with van der Waals surface area (Å²) in [5.41, 5.74) is 0.872. The fraction of sp³-hybridized carbons (Fsp3) is 0.348. The van der Waals surface area contributed by atoms with Gasteiger partial charge in [0.1, 0.15) is 6.54 Å². The smallest absolute Gasteiger partial charge is 0.261 e. The molecule has 3 aromatic rings. The zero-order chi connectivity index (χ0) is 22.8. The highest BCUT2D eigenvalue weighted by Crippen LogP contribution is 2.34. The van der Waals surface area contributed by atoms with Gasteiger partial charge in [0.2, 0.25) is 5.91 Å². The number of nitrogens with zero attached hydrogens (tertiary/aromatic N) is 2. The zero-order valence-electron chi connectivity index (χ0n) is 17.7. The Morgan fingerprint density at radius 3 is 2.66 bits per heavy atom. The van der Waals surface area contributed by atoms with Crippen molar-refractivity contribution < 1.29 is 14.3 Å². The lowest BCUT2D eigenvalue weighted by Gasteiger charge is -2.24. The second-order valence-electron chi connectivity index (χ2n) is 8.01. The summed E-state index contributed by atoms with van der Waals surface area (Å²) in [4.78, 5) is 29.9. The van der Waals surface area contributed by atoms with Crippen molar-refractivity contribution in [2.75, 3.05) is 13.2 Å². The Kier molecular flexibility index (Phi) is 6.58. The van der Waals surface area contributed by atoms with Crippen molar-refractivity contribution in [1.82, 2.24) is 14.9 Å². The number of hydrogen-bond acceptors (Lipinski definition) is 5. The summed E-state index contributed by atoms with van der Waals surface area (Å²) in [6, 6.07) is 8.44. The highest BCUT2D eigenvalue weighted by molar-refractivity contribution is 6.38. The van der Waals surface area contributed by atoms with E-state index in [0.29, 0.717) is 35.3 Å². The fourth-order valence-electron chi connectivity index (χ4n) is 3.69. The van der Waals surface area contributed by atoms with Crippen molar-refractivity contribution in [1.29, 1.82) is 0 Å². The lowest BCUT2D eigenvalue weighted by Crippen LogP contribution is -2.36. The van der Waals surface area contributed by atoms with Crippen LogP contribution in [0.25, 0.3) is 10.9 Å². The fourth-order valence-corrected chi connectivity index (χ4v) is 4.23. The molecule has 32 heavy (non-hydrogen) atoms. The molecule has 0 saturated carbocycles. The molecule has 7 nitrogen and oxygen atoms in total. The first-order valence-electron chi connectivity index (χ1n) is 10.4. The third kappa shape index (κ3) is 4.69. The molecule has 0 bridgehead atoms. The molecule has 0 aliphatic carbocycles. The van der Waals surface area contributed by atoms with Crippen LogP contribution in [0.1, 0.15) is 31.9 Å². The summed E-state index contributed by atoms with van der Waals surface area (Å²) in [7, 11) is 0. The molecule has 9 heteroatoms. The largest absolute Gasteiger partial charge is 0.490 e. The maximum absolute atomic E-state index is 12.9. The number of nitrogens with one attached hydrogen (secondary N) is 1. The summed E-state index contributed by atoms with van der Waals surface area (Å²) >= 11 is 12.2. The standard InChI is InChI=1S/C23H23Cl2N3O4/c1-13(2)21(14-4-5-18-19(8-14)32-7-3-6-31-18)27-20(29)11-28-12-26-22-16(23(28)30)9-15(24)10-17(22)25/h4-5,8-10,12-13,21H,3,6-7,11H2,1-2H3,(H,27,29). The van der Waals surface area contributed by atoms with Crippen LogP contribution in [-0.4, -0.2) is 28.7 Å². The van der Waals surface area contributed by atoms with Gasteiger partial charge in [-0.05, 0) is 35.7 Å². The van der Waals surface area contributed by atoms with Crippen molar-refractivity contribution in [3.8, 4) is 11.5 Å². The number of aromatic nitrogens is 2. The summed E-state index contributed by atoms with van der Waals surface area (Å²) in [5.74, 6) is 1.16. The summed E-state index contributed by atoms with van der Waals surface area (Å²) in [5, 5.41) is 3.91. The Morgan fingerprint density at radius 1 is 1.16 bits per heavy atom. The van der Waals surface area contributed by atoms with E-state index in [2.05, 4.69) is 10.3 Å². The van der Waals surface area contributed by atoms with Crippen LogP contribution in [-0.2, 0) is 11.3 Å². The molecule has 4 rings (SSSR count). The van der Waals surface area contributed by atoms with Crippen molar-refractivity contribution in [3.63, 3.8) is 0 Å². The number of halogens is 2. The second kappa shape index (κ2) is 9.38. The molecule has 0 saturated heterocycles. The first-order valence-corrected chi connectivity index (χ1v) is 11.1. The highest BCUT2D eigenvalue weighted by Gasteiger charge is 2.22. The van der Waals surface area contributed by atoms with E-state index in [0.717, 1.165) is 12.0 Å². The number of fused-ring (bicyclic) bond motifs is 2. The first-order chi connectivity index (χ1) is 15.3. The van der Waals surface area contributed by atoms with E-state index in [1.807, 2.05) is 32.0 Å². The van der Waals surface area contributed by atoms with E-state index in [4.69, 9.17) is 32.7 Å². The van der Waals surface area contributed by atoms with E-state index < -0.39 is 0 Å². The number of rotatable bonds is 5. The van der Waals surface area contributed by atoms with Crippen LogP contribution < -0.4 is 20.3 Å². The summed E-state index contributed by atoms with van der Waals surface area (Å²) in [6.45, 7) is 5.05. The topological polar surface area (TPSA) is 82.5 Å². The molecule has 2 heterocycles. The average molecular weight is 476 g/mol. The normalized spacial score (nSPS) is 14.3. The van der Waals surface area contributed by atoms with Gasteiger partial charge in [-0.3, -0.25) is 14.2 Å². The molecular weight excluding hydrogens is 453 g/mol. The zero-order valence-corrected chi connectivity index (χ0v) is 19.2. The molecule has 1 atom stereocenters. The SMILES string of the molecule is CC(C)C(NC(=O)Cn1cnc2c(Cl)cc(Cl)cc2c1=O)c1ccc2c(c1)OCCCO2. The molecule has 1 unspecified atom stereocenters. The Bertz CT molecular complexity index is 1230. The van der Waals surface area contributed by atoms with Gasteiger partial charge in [-0.2, -0.15) is 0 Å². The number of carbonyl (C=O) groups is 1. The third-order valence-corrected chi connectivity index (χ3v) is 5.78. The van der Waals surface area contributed by atoms with Crippen LogP contribution in [0.2, 0.25) is 10.0 Å². The second-order valence-corrected chi connectivity index (χ2v) is 8.85. The van der Waals surface area contributed by atoms with Crippen LogP contribution in [0.4, 0.5) is 0 Å². The Labute approximate surface area is 195 Å². The van der Waals surface area contributed by atoms with Gasteiger partial charge >= 0.3 is 0 Å². The minimum Gasteiger partial charge on any atom is -0.490 e. The Morgan fingerprint density at radius 2 is 1.91 bits per heavy atom. The van der Waals surface area contributed by atoms with Crippen LogP contribution in [0, 0.1) is 5.92 Å². The maximum Gasteiger partial charge on any atom is 0.261 e. The van der Waals surface area contributed by atoms with Crippen LogP contribution >= 0.6 is 23.2 Å². The quantitative estimate of drug-likeness (QED) is 0.591. The predicted octanol–water partition coefficient (Wildman–Crippen LogP) is 4.38. The number of carbonyl (C=O) groups excluding carboxylic acids is 1. The highest BCUT2D eigenvalue weighted by atomic mass is 35.5. The molecule has 1 aliphatic heterocycles. The molecule has 0 spiro atoms. The first kappa shape index (κ1) is 22.4. The summed E-state index contributed by atoms with van der Waals surface area (Å²) < 4.78 is 12.7. The molecule has 1 aromatic heterocycles. The van der Waals surface area contributed by atoms with Crippen LogP contribution in [0.3, 0.4) is 0 Å². The molecule has 1 amide bonds. The van der Waals surface area contributed by atoms with Crippen molar-refractivity contribution in [2.24, 2.45) is 5.92 Å². The lowest BCUT2D eigenvalue weighted by atomic mass is 9.95. The molecule has 2 aromatic carbocycles. The van der Waals surface area contributed by atoms with Crippen molar-refractivity contribution in [2.45, 2.75) is 32.9 Å². The van der Waals surface area contributed by atoms with Gasteiger partial charge in [-0.15, -0.1) is 0 Å². The van der Waals surface area contributed by atoms with Gasteiger partial charge in [0.15, 0.2) is 11.5 Å². The Balaban J connectivity index is 1.56. The minimum atomic E-state index is -0.383. The number of ether oxygens (including phenoxy) is 2. The van der Waals surface area contributed by atoms with Crippen LogP contribution in [0.5, 0.6) is 11.5 Å². The van der Waals surface area contributed by atoms with Crippen LogP contribution in [0.15, 0.2) is 41.5 Å². The molecule has 168 valence electrons. The van der Waals surface area contributed by atoms with E-state index in [-0.39, 0.29) is 40.4 Å². The van der Waals surface area contributed by atoms with Crippen molar-refractivity contribution in [3.05, 3.63) is 62.6 Å². The van der Waals surface area contributed by atoms with Gasteiger partial charge in [-0.1, -0.05) is 43.1 Å². The monoisotopic (exact) mass is 475 g/mol. The number of benzene rings is 2. The molecule has 1 aliphatic rings. The predicted molar refractivity (Wildman–Crippen MR) is 124 cm³/mol. The maximum atomic E-state index is 12.9. The molecule has 1 N–H and O–H groups in total. The van der Waals surface area contributed by atoms with E-state index in [1.54, 1.807) is 0 Å². The van der Waals surface area contributed by atoms with Gasteiger partial charge in [0.05, 0.1) is 41.5 Å². The average Bonchev–Trinajstić information content (AvgIpc) is 2.99. The lowest BCUT2D eigenvalue weighted by molar-refractivity contribution is -0.122. The van der Waals surface area contributed by atoms with E-state index >= 15 is 0 Å². The Hall–Kier alpha value is -2.77. The third-order valence-electron chi connectivity index (χ3n) is 5.27. The molecule has 0 radical (unpaired) electrons. The number of hydrogen-bond donors (Lipinski definition) is 1.